The molecule has 35 heavy (non-hydrogen) atoms. The summed E-state index contributed by atoms with van der Waals surface area (Å²) in [6.07, 6.45) is 0. The SMILES string of the molecule is CCOC(=O)c1[nH]c2cc(Cl)ccc2c1C(N[C@H](C(=O)OC)C(C)C)C(=O)NCc1ccccc1. The van der Waals surface area contributed by atoms with Gasteiger partial charge < -0.3 is 19.8 Å². The van der Waals surface area contributed by atoms with Gasteiger partial charge in [0.05, 0.1) is 13.7 Å². The predicted molar refractivity (Wildman–Crippen MR) is 134 cm³/mol. The summed E-state index contributed by atoms with van der Waals surface area (Å²) in [5.74, 6) is -1.74. The molecule has 1 amide bonds. The number of ether oxygens (including phenoxy) is 2. The smallest absolute Gasteiger partial charge is 0.355 e. The minimum atomic E-state index is -1.07. The summed E-state index contributed by atoms with van der Waals surface area (Å²) in [7, 11) is 1.29. The van der Waals surface area contributed by atoms with Gasteiger partial charge in [-0.05, 0) is 30.5 Å². The summed E-state index contributed by atoms with van der Waals surface area (Å²) < 4.78 is 10.2. The number of hydrogen-bond donors (Lipinski definition) is 3. The number of halogens is 1. The highest BCUT2D eigenvalue weighted by molar-refractivity contribution is 6.31. The van der Waals surface area contributed by atoms with Gasteiger partial charge in [-0.15, -0.1) is 0 Å². The number of amides is 1. The number of hydrogen-bond acceptors (Lipinski definition) is 6. The van der Waals surface area contributed by atoms with Gasteiger partial charge in [0.25, 0.3) is 0 Å². The van der Waals surface area contributed by atoms with Crippen molar-refractivity contribution < 1.29 is 23.9 Å². The van der Waals surface area contributed by atoms with Crippen LogP contribution in [0.5, 0.6) is 0 Å². The summed E-state index contributed by atoms with van der Waals surface area (Å²) in [4.78, 5) is 42.1. The van der Waals surface area contributed by atoms with E-state index in [2.05, 4.69) is 15.6 Å². The van der Waals surface area contributed by atoms with Crippen LogP contribution in [0.1, 0.15) is 48.4 Å². The van der Waals surface area contributed by atoms with Gasteiger partial charge in [0, 0.05) is 28.0 Å². The number of aromatic amines is 1. The maximum absolute atomic E-state index is 13.6. The van der Waals surface area contributed by atoms with Crippen molar-refractivity contribution in [2.24, 2.45) is 5.92 Å². The number of esters is 2. The molecular weight excluding hydrogens is 470 g/mol. The van der Waals surface area contributed by atoms with E-state index in [0.29, 0.717) is 21.5 Å². The monoisotopic (exact) mass is 499 g/mol. The van der Waals surface area contributed by atoms with Crippen molar-refractivity contribution in [3.05, 3.63) is 70.4 Å². The number of methoxy groups -OCH3 is 1. The summed E-state index contributed by atoms with van der Waals surface area (Å²) in [5, 5.41) is 7.13. The quantitative estimate of drug-likeness (QED) is 0.362. The summed E-state index contributed by atoms with van der Waals surface area (Å²) >= 11 is 6.17. The molecule has 0 saturated heterocycles. The molecule has 0 aliphatic carbocycles. The fourth-order valence-corrected chi connectivity index (χ4v) is 4.04. The van der Waals surface area contributed by atoms with Gasteiger partial charge in [0.15, 0.2) is 0 Å². The third kappa shape index (κ3) is 6.21. The molecule has 9 heteroatoms. The van der Waals surface area contributed by atoms with E-state index in [-0.39, 0.29) is 24.8 Å². The zero-order valence-electron chi connectivity index (χ0n) is 20.2. The van der Waals surface area contributed by atoms with Crippen molar-refractivity contribution in [3.8, 4) is 0 Å². The van der Waals surface area contributed by atoms with E-state index in [4.69, 9.17) is 21.1 Å². The lowest BCUT2D eigenvalue weighted by molar-refractivity contribution is -0.144. The third-order valence-corrected chi connectivity index (χ3v) is 5.84. The van der Waals surface area contributed by atoms with Crippen molar-refractivity contribution in [1.82, 2.24) is 15.6 Å². The number of aromatic nitrogens is 1. The van der Waals surface area contributed by atoms with E-state index in [1.807, 2.05) is 44.2 Å². The Morgan fingerprint density at radius 3 is 2.43 bits per heavy atom. The molecule has 2 aromatic carbocycles. The Hall–Kier alpha value is -3.36. The molecule has 1 heterocycles. The molecule has 0 radical (unpaired) electrons. The van der Waals surface area contributed by atoms with Gasteiger partial charge in [-0.1, -0.05) is 61.8 Å². The van der Waals surface area contributed by atoms with Crippen LogP contribution in [-0.4, -0.2) is 42.6 Å². The molecule has 2 atom stereocenters. The standard InChI is InChI=1S/C26H30ClN3O5/c1-5-35-26(33)23-20(18-12-11-17(27)13-19(18)29-23)22(30-21(15(2)3)25(32)34-4)24(31)28-14-16-9-7-6-8-10-16/h6-13,15,21-22,29-30H,5,14H2,1-4H3,(H,28,31)/t21-,22?/m0/s1. The van der Waals surface area contributed by atoms with Crippen molar-refractivity contribution in [3.63, 3.8) is 0 Å². The van der Waals surface area contributed by atoms with Crippen molar-refractivity contribution >= 4 is 40.3 Å². The Morgan fingerprint density at radius 1 is 1.09 bits per heavy atom. The Morgan fingerprint density at radius 2 is 1.80 bits per heavy atom. The van der Waals surface area contributed by atoms with E-state index in [9.17, 15) is 14.4 Å². The maximum Gasteiger partial charge on any atom is 0.355 e. The van der Waals surface area contributed by atoms with Crippen LogP contribution in [0.2, 0.25) is 5.02 Å². The molecule has 1 aromatic heterocycles. The molecule has 0 saturated carbocycles. The van der Waals surface area contributed by atoms with Gasteiger partial charge in [-0.25, -0.2) is 4.79 Å². The highest BCUT2D eigenvalue weighted by Gasteiger charge is 2.35. The number of fused-ring (bicyclic) bond motifs is 1. The van der Waals surface area contributed by atoms with E-state index >= 15 is 0 Å². The fourth-order valence-electron chi connectivity index (χ4n) is 3.87. The fraction of sp³-hybridized carbons (Fsp3) is 0.346. The summed E-state index contributed by atoms with van der Waals surface area (Å²) in [6, 6.07) is 12.6. The van der Waals surface area contributed by atoms with E-state index in [1.165, 1.54) is 7.11 Å². The van der Waals surface area contributed by atoms with E-state index in [1.54, 1.807) is 25.1 Å². The molecular formula is C26H30ClN3O5. The maximum atomic E-state index is 13.6. The number of nitrogens with one attached hydrogen (secondary N) is 3. The Kier molecular flexibility index (Phi) is 8.89. The molecule has 0 bridgehead atoms. The number of benzene rings is 2. The average Bonchev–Trinajstić information content (AvgIpc) is 3.21. The van der Waals surface area contributed by atoms with Crippen molar-refractivity contribution in [1.29, 1.82) is 0 Å². The highest BCUT2D eigenvalue weighted by Crippen LogP contribution is 2.32. The van der Waals surface area contributed by atoms with Crippen LogP contribution in [-0.2, 0) is 25.6 Å². The van der Waals surface area contributed by atoms with E-state index < -0.39 is 29.9 Å². The lowest BCUT2D eigenvalue weighted by atomic mass is 9.97. The second-order valence-corrected chi connectivity index (χ2v) is 8.81. The molecule has 0 aliphatic heterocycles. The number of rotatable bonds is 10. The van der Waals surface area contributed by atoms with Crippen LogP contribution in [0, 0.1) is 5.92 Å². The van der Waals surface area contributed by atoms with Crippen molar-refractivity contribution in [2.75, 3.05) is 13.7 Å². The predicted octanol–water partition coefficient (Wildman–Crippen LogP) is 4.14. The second-order valence-electron chi connectivity index (χ2n) is 8.37. The number of H-pyrrole nitrogens is 1. The third-order valence-electron chi connectivity index (χ3n) is 5.61. The Labute approximate surface area is 209 Å². The molecule has 3 rings (SSSR count). The van der Waals surface area contributed by atoms with Crippen LogP contribution in [0.15, 0.2) is 48.5 Å². The van der Waals surface area contributed by atoms with Crippen LogP contribution < -0.4 is 10.6 Å². The number of carbonyl (C=O) groups excluding carboxylic acids is 3. The molecule has 3 aromatic rings. The zero-order chi connectivity index (χ0) is 25.5. The average molecular weight is 500 g/mol. The van der Waals surface area contributed by atoms with Crippen LogP contribution in [0.3, 0.4) is 0 Å². The first-order valence-electron chi connectivity index (χ1n) is 11.4. The van der Waals surface area contributed by atoms with Gasteiger partial charge in [0.1, 0.15) is 17.8 Å². The van der Waals surface area contributed by atoms with Crippen molar-refractivity contribution in [2.45, 2.75) is 39.4 Å². The first-order valence-corrected chi connectivity index (χ1v) is 11.8. The summed E-state index contributed by atoms with van der Waals surface area (Å²) in [5.41, 5.74) is 1.96. The van der Waals surface area contributed by atoms with Crippen LogP contribution in [0.4, 0.5) is 0 Å². The normalized spacial score (nSPS) is 12.9. The first-order chi connectivity index (χ1) is 16.8. The lowest BCUT2D eigenvalue weighted by Gasteiger charge is -2.26. The Bertz CT molecular complexity index is 1190. The van der Waals surface area contributed by atoms with Gasteiger partial charge in [0.2, 0.25) is 5.91 Å². The number of carbonyl (C=O) groups is 3. The molecule has 1 unspecified atom stereocenters. The molecule has 8 nitrogen and oxygen atoms in total. The molecule has 186 valence electrons. The lowest BCUT2D eigenvalue weighted by Crippen LogP contribution is -2.48. The largest absolute Gasteiger partial charge is 0.468 e. The van der Waals surface area contributed by atoms with Gasteiger partial charge in [-0.3, -0.25) is 14.9 Å². The second kappa shape index (κ2) is 11.9. The van der Waals surface area contributed by atoms with Crippen LogP contribution >= 0.6 is 11.6 Å². The minimum absolute atomic E-state index is 0.115. The topological polar surface area (TPSA) is 110 Å². The highest BCUT2D eigenvalue weighted by atomic mass is 35.5. The van der Waals surface area contributed by atoms with Gasteiger partial charge in [-0.2, -0.15) is 0 Å². The van der Waals surface area contributed by atoms with Gasteiger partial charge >= 0.3 is 11.9 Å². The molecule has 0 spiro atoms. The minimum Gasteiger partial charge on any atom is -0.468 e. The zero-order valence-corrected chi connectivity index (χ0v) is 20.9. The van der Waals surface area contributed by atoms with Crippen LogP contribution in [0.25, 0.3) is 10.9 Å². The Balaban J connectivity index is 2.11. The molecule has 0 aliphatic rings. The molecule has 0 fully saturated rings. The molecule has 3 N–H and O–H groups in total. The van der Waals surface area contributed by atoms with E-state index in [0.717, 1.165) is 5.56 Å². The summed E-state index contributed by atoms with van der Waals surface area (Å²) in [6.45, 7) is 5.81. The first kappa shape index (κ1) is 26.2.